The number of nitrogens with zero attached hydrogens (tertiary/aromatic N) is 2. The molecule has 20 heavy (non-hydrogen) atoms. The molecule has 0 unspecified atom stereocenters. The first kappa shape index (κ1) is 18.5. The van der Waals surface area contributed by atoms with Crippen molar-refractivity contribution >= 4 is 5.91 Å². The largest absolute Gasteiger partial charge is 0.423 e. The summed E-state index contributed by atoms with van der Waals surface area (Å²) in [7, 11) is 1.28. The van der Waals surface area contributed by atoms with E-state index in [0.29, 0.717) is 0 Å². The van der Waals surface area contributed by atoms with Gasteiger partial charge in [-0.2, -0.15) is 31.6 Å². The molecule has 0 radical (unpaired) electrons. The summed E-state index contributed by atoms with van der Waals surface area (Å²) >= 11 is 0. The number of halogens is 6. The zero-order valence-electron chi connectivity index (χ0n) is 10.4. The van der Waals surface area contributed by atoms with Crippen molar-refractivity contribution < 1.29 is 35.9 Å². The minimum atomic E-state index is -5.59. The van der Waals surface area contributed by atoms with E-state index in [2.05, 4.69) is 4.74 Å². The lowest BCUT2D eigenvalue weighted by Crippen LogP contribution is -2.44. The van der Waals surface area contributed by atoms with E-state index >= 15 is 0 Å². The van der Waals surface area contributed by atoms with Gasteiger partial charge in [-0.15, -0.1) is 0 Å². The van der Waals surface area contributed by atoms with Gasteiger partial charge < -0.3 is 9.64 Å². The lowest BCUT2D eigenvalue weighted by atomic mass is 10.3. The summed E-state index contributed by atoms with van der Waals surface area (Å²) in [5, 5.41) is 8.26. The second-order valence-corrected chi connectivity index (χ2v) is 3.81. The second kappa shape index (κ2) is 7.33. The zero-order chi connectivity index (χ0) is 16.0. The van der Waals surface area contributed by atoms with Gasteiger partial charge in [0.2, 0.25) is 12.0 Å². The Morgan fingerprint density at radius 3 is 2.15 bits per heavy atom. The first-order chi connectivity index (χ1) is 9.00. The summed E-state index contributed by atoms with van der Waals surface area (Å²) in [6, 6.07) is 1.74. The molecular weight excluding hydrogens is 294 g/mol. The fourth-order valence-corrected chi connectivity index (χ4v) is 1.17. The molecule has 10 heteroatoms. The molecule has 0 heterocycles. The third kappa shape index (κ3) is 6.60. The normalized spacial score (nSPS) is 12.3. The number of rotatable bonds is 6. The number of ether oxygens (including phenoxy) is 1. The van der Waals surface area contributed by atoms with Crippen LogP contribution in [0.15, 0.2) is 0 Å². The highest BCUT2D eigenvalue weighted by molar-refractivity contribution is 5.75. The van der Waals surface area contributed by atoms with Gasteiger partial charge >= 0.3 is 12.4 Å². The van der Waals surface area contributed by atoms with Crippen LogP contribution in [0.25, 0.3) is 0 Å². The molecule has 0 aliphatic heterocycles. The number of carbonyl (C=O) groups is 1. The van der Waals surface area contributed by atoms with Gasteiger partial charge in [0.05, 0.1) is 25.5 Å². The summed E-state index contributed by atoms with van der Waals surface area (Å²) in [6.45, 7) is -0.975. The highest BCUT2D eigenvalue weighted by Crippen LogP contribution is 2.35. The predicted octanol–water partition coefficient (Wildman–Crippen LogP) is 2.26. The molecule has 4 nitrogen and oxygen atoms in total. The van der Waals surface area contributed by atoms with Crippen LogP contribution in [0.1, 0.15) is 12.8 Å². The van der Waals surface area contributed by atoms with Crippen LogP contribution in [0.3, 0.4) is 0 Å². The maximum Gasteiger partial charge on any atom is 0.423 e. The Kier molecular flexibility index (Phi) is 6.78. The smallest absolute Gasteiger partial charge is 0.360 e. The molecule has 0 aromatic rings. The Balaban J connectivity index is 4.33. The molecule has 0 fully saturated rings. The maximum atomic E-state index is 12.1. The predicted molar refractivity (Wildman–Crippen MR) is 54.3 cm³/mol. The molecule has 0 saturated heterocycles. The van der Waals surface area contributed by atoms with Gasteiger partial charge in [-0.3, -0.25) is 4.79 Å². The minimum Gasteiger partial charge on any atom is -0.360 e. The van der Waals surface area contributed by atoms with Gasteiger partial charge in [0, 0.05) is 13.6 Å². The SMILES string of the molecule is CN(CCC#N)C(=O)CCOC(C(F)(F)F)C(F)(F)F. The maximum absolute atomic E-state index is 12.1. The van der Waals surface area contributed by atoms with E-state index in [9.17, 15) is 31.1 Å². The minimum absolute atomic E-state index is 0.0107. The highest BCUT2D eigenvalue weighted by Gasteiger charge is 2.57. The number of carbonyl (C=O) groups excluding carboxylic acids is 1. The molecule has 0 aromatic carbocycles. The van der Waals surface area contributed by atoms with Crippen LogP contribution >= 0.6 is 0 Å². The number of hydrogen-bond donors (Lipinski definition) is 0. The Bertz CT molecular complexity index is 346. The van der Waals surface area contributed by atoms with Crippen molar-refractivity contribution in [3.05, 3.63) is 0 Å². The second-order valence-electron chi connectivity index (χ2n) is 3.81. The molecule has 0 rings (SSSR count). The fourth-order valence-electron chi connectivity index (χ4n) is 1.17. The highest BCUT2D eigenvalue weighted by atomic mass is 19.4. The molecule has 0 N–H and O–H groups in total. The van der Waals surface area contributed by atoms with Crippen molar-refractivity contribution in [3.63, 3.8) is 0 Å². The Hall–Kier alpha value is -1.50. The van der Waals surface area contributed by atoms with E-state index in [1.165, 1.54) is 7.05 Å². The molecule has 1 amide bonds. The first-order valence-electron chi connectivity index (χ1n) is 5.36. The summed E-state index contributed by atoms with van der Waals surface area (Å²) < 4.78 is 76.3. The van der Waals surface area contributed by atoms with Crippen molar-refractivity contribution in [3.8, 4) is 6.07 Å². The van der Waals surface area contributed by atoms with Gasteiger partial charge in [-0.1, -0.05) is 0 Å². The van der Waals surface area contributed by atoms with Gasteiger partial charge in [-0.05, 0) is 0 Å². The summed E-state index contributed by atoms with van der Waals surface area (Å²) in [4.78, 5) is 12.3. The topological polar surface area (TPSA) is 53.3 Å². The van der Waals surface area contributed by atoms with E-state index in [4.69, 9.17) is 5.26 Å². The van der Waals surface area contributed by atoms with E-state index in [-0.39, 0.29) is 13.0 Å². The molecule has 0 aromatic heterocycles. The van der Waals surface area contributed by atoms with Crippen LogP contribution < -0.4 is 0 Å². The number of nitriles is 1. The van der Waals surface area contributed by atoms with Crippen LogP contribution in [0.2, 0.25) is 0 Å². The van der Waals surface area contributed by atoms with Crippen LogP contribution in [-0.2, 0) is 9.53 Å². The molecular formula is C10H12F6N2O2. The zero-order valence-corrected chi connectivity index (χ0v) is 10.4. The molecule has 0 saturated carbocycles. The van der Waals surface area contributed by atoms with Gasteiger partial charge in [0.15, 0.2) is 0 Å². The molecule has 116 valence electrons. The average molecular weight is 306 g/mol. The van der Waals surface area contributed by atoms with Crippen molar-refractivity contribution in [2.75, 3.05) is 20.2 Å². The summed E-state index contributed by atoms with van der Waals surface area (Å²) in [6.07, 6.45) is -15.7. The van der Waals surface area contributed by atoms with Gasteiger partial charge in [0.25, 0.3) is 0 Å². The monoisotopic (exact) mass is 306 g/mol. The Labute approximate surface area is 110 Å². The van der Waals surface area contributed by atoms with Crippen LogP contribution in [-0.4, -0.2) is 49.5 Å². The average Bonchev–Trinajstić information content (AvgIpc) is 2.27. The van der Waals surface area contributed by atoms with Gasteiger partial charge in [-0.25, -0.2) is 0 Å². The first-order valence-corrected chi connectivity index (χ1v) is 5.36. The third-order valence-corrected chi connectivity index (χ3v) is 2.18. The third-order valence-electron chi connectivity index (χ3n) is 2.18. The van der Waals surface area contributed by atoms with Crippen LogP contribution in [0, 0.1) is 11.3 Å². The molecule has 0 atom stereocenters. The standard InChI is InChI=1S/C10H12F6N2O2/c1-18(5-2-4-17)7(19)3-6-20-8(9(11,12)13)10(14,15)16/h8H,2-3,5-6H2,1H3. The number of hydrogen-bond acceptors (Lipinski definition) is 3. The van der Waals surface area contributed by atoms with Crippen molar-refractivity contribution in [2.45, 2.75) is 31.3 Å². The van der Waals surface area contributed by atoms with Crippen molar-refractivity contribution in [1.82, 2.24) is 4.90 Å². The van der Waals surface area contributed by atoms with Crippen LogP contribution in [0.5, 0.6) is 0 Å². The van der Waals surface area contributed by atoms with E-state index in [1.807, 2.05) is 0 Å². The number of amides is 1. The quantitative estimate of drug-likeness (QED) is 0.707. The molecule has 0 bridgehead atoms. The van der Waals surface area contributed by atoms with Crippen molar-refractivity contribution in [2.24, 2.45) is 0 Å². The lowest BCUT2D eigenvalue weighted by Gasteiger charge is -2.23. The van der Waals surface area contributed by atoms with Gasteiger partial charge in [0.1, 0.15) is 0 Å². The summed E-state index contributed by atoms with van der Waals surface area (Å²) in [5.74, 6) is -0.705. The summed E-state index contributed by atoms with van der Waals surface area (Å²) in [5.41, 5.74) is 0. The van der Waals surface area contributed by atoms with E-state index in [1.54, 1.807) is 6.07 Å². The van der Waals surface area contributed by atoms with E-state index < -0.39 is 37.4 Å². The molecule has 0 spiro atoms. The van der Waals surface area contributed by atoms with Crippen molar-refractivity contribution in [1.29, 1.82) is 5.26 Å². The fraction of sp³-hybridized carbons (Fsp3) is 0.800. The van der Waals surface area contributed by atoms with Crippen LogP contribution in [0.4, 0.5) is 26.3 Å². The molecule has 0 aliphatic carbocycles. The molecule has 0 aliphatic rings. The Morgan fingerprint density at radius 1 is 1.25 bits per heavy atom. The van der Waals surface area contributed by atoms with E-state index in [0.717, 1.165) is 4.90 Å². The Morgan fingerprint density at radius 2 is 1.75 bits per heavy atom. The number of alkyl halides is 6. The lowest BCUT2D eigenvalue weighted by molar-refractivity contribution is -0.321.